The Morgan fingerprint density at radius 1 is 1.27 bits per heavy atom. The number of ketones is 1. The van der Waals surface area contributed by atoms with Gasteiger partial charge in [0.05, 0.1) is 26.2 Å². The number of carbonyl (C=O) groups is 1. The molecule has 1 aliphatic heterocycles. The standard InChI is InChI=1S/C18H20N4O3S/c1-24-13-8-7-10(9-14(13)25-2)16-15-11(5-4-6-12(15)23)19-17-20-18(26-3)21-22(16)17/h5,7-9,15-16H,4,6H2,1-3H3,(H,19,20,21)/t15-,16-/m1/s1. The van der Waals surface area contributed by atoms with Crippen molar-refractivity contribution >= 4 is 23.5 Å². The van der Waals surface area contributed by atoms with Crippen LogP contribution in [-0.4, -0.2) is 41.0 Å². The molecule has 1 aliphatic carbocycles. The minimum atomic E-state index is -0.300. The van der Waals surface area contributed by atoms with Crippen LogP contribution in [0.2, 0.25) is 0 Å². The van der Waals surface area contributed by atoms with Gasteiger partial charge >= 0.3 is 0 Å². The fourth-order valence-corrected chi connectivity index (χ4v) is 3.96. The van der Waals surface area contributed by atoms with Crippen LogP contribution in [0.1, 0.15) is 24.4 Å². The Morgan fingerprint density at radius 2 is 2.08 bits per heavy atom. The first-order valence-corrected chi connectivity index (χ1v) is 9.61. The van der Waals surface area contributed by atoms with Gasteiger partial charge in [-0.05, 0) is 30.4 Å². The van der Waals surface area contributed by atoms with Gasteiger partial charge in [0, 0.05) is 12.1 Å². The number of nitrogens with zero attached hydrogens (tertiary/aromatic N) is 3. The predicted octanol–water partition coefficient (Wildman–Crippen LogP) is 2.90. The molecule has 26 heavy (non-hydrogen) atoms. The van der Waals surface area contributed by atoms with Gasteiger partial charge in [0.15, 0.2) is 11.5 Å². The number of anilines is 1. The van der Waals surface area contributed by atoms with Crippen molar-refractivity contribution in [2.75, 3.05) is 25.8 Å². The SMILES string of the molecule is COc1ccc([C@@H]2[C@H]3C(=O)CCC=C3Nc3nc(SC)nn32)cc1OC. The smallest absolute Gasteiger partial charge is 0.227 e. The van der Waals surface area contributed by atoms with Crippen molar-refractivity contribution in [3.05, 3.63) is 35.5 Å². The fourth-order valence-electron chi connectivity index (χ4n) is 3.61. The largest absolute Gasteiger partial charge is 0.493 e. The Kier molecular flexibility index (Phi) is 4.36. The molecule has 0 fully saturated rings. The van der Waals surface area contributed by atoms with Crippen LogP contribution in [0.5, 0.6) is 11.5 Å². The van der Waals surface area contributed by atoms with E-state index in [2.05, 4.69) is 21.5 Å². The van der Waals surface area contributed by atoms with Gasteiger partial charge in [-0.25, -0.2) is 4.68 Å². The molecule has 0 amide bonds. The zero-order chi connectivity index (χ0) is 18.3. The number of benzene rings is 1. The molecular formula is C18H20N4O3S. The molecule has 1 aromatic heterocycles. The summed E-state index contributed by atoms with van der Waals surface area (Å²) in [6.07, 6.45) is 5.32. The van der Waals surface area contributed by atoms with Crippen LogP contribution >= 0.6 is 11.8 Å². The molecule has 2 aliphatic rings. The summed E-state index contributed by atoms with van der Waals surface area (Å²) >= 11 is 1.48. The minimum absolute atomic E-state index is 0.210. The van der Waals surface area contributed by atoms with E-state index in [4.69, 9.17) is 9.47 Å². The molecule has 2 heterocycles. The number of aromatic nitrogens is 3. The van der Waals surface area contributed by atoms with E-state index in [1.54, 1.807) is 14.2 Å². The van der Waals surface area contributed by atoms with Crippen LogP contribution in [0.25, 0.3) is 0 Å². The topological polar surface area (TPSA) is 78.3 Å². The number of Topliss-reactive ketones (excluding diaryl/α,β-unsaturated/α-hetero) is 1. The lowest BCUT2D eigenvalue weighted by molar-refractivity contribution is -0.123. The highest BCUT2D eigenvalue weighted by Crippen LogP contribution is 2.43. The number of methoxy groups -OCH3 is 2. The fraction of sp³-hybridized carbons (Fsp3) is 0.389. The van der Waals surface area contributed by atoms with Crippen molar-refractivity contribution in [3.63, 3.8) is 0 Å². The maximum Gasteiger partial charge on any atom is 0.227 e. The number of fused-ring (bicyclic) bond motifs is 2. The third-order valence-electron chi connectivity index (χ3n) is 4.82. The lowest BCUT2D eigenvalue weighted by Gasteiger charge is -2.36. The highest BCUT2D eigenvalue weighted by molar-refractivity contribution is 7.98. The molecule has 0 radical (unpaired) electrons. The van der Waals surface area contributed by atoms with Gasteiger partial charge in [0.1, 0.15) is 5.78 Å². The van der Waals surface area contributed by atoms with E-state index in [1.165, 1.54) is 11.8 Å². The van der Waals surface area contributed by atoms with Gasteiger partial charge in [-0.1, -0.05) is 23.9 Å². The minimum Gasteiger partial charge on any atom is -0.493 e. The van der Waals surface area contributed by atoms with Crippen molar-refractivity contribution in [2.45, 2.75) is 24.0 Å². The van der Waals surface area contributed by atoms with Gasteiger partial charge in [-0.15, -0.1) is 5.10 Å². The number of carbonyl (C=O) groups excluding carboxylic acids is 1. The highest BCUT2D eigenvalue weighted by atomic mass is 32.2. The first kappa shape index (κ1) is 17.0. The average molecular weight is 372 g/mol. The number of ether oxygens (including phenoxy) is 2. The Morgan fingerprint density at radius 3 is 2.81 bits per heavy atom. The number of thioether (sulfide) groups is 1. The van der Waals surface area contributed by atoms with Crippen LogP contribution in [0.4, 0.5) is 5.95 Å². The van der Waals surface area contributed by atoms with Crippen molar-refractivity contribution in [2.24, 2.45) is 5.92 Å². The first-order chi connectivity index (χ1) is 12.7. The summed E-state index contributed by atoms with van der Waals surface area (Å²) in [7, 11) is 3.21. The van der Waals surface area contributed by atoms with E-state index in [0.29, 0.717) is 29.0 Å². The van der Waals surface area contributed by atoms with Crippen LogP contribution < -0.4 is 14.8 Å². The molecule has 1 aromatic carbocycles. The molecule has 7 nitrogen and oxygen atoms in total. The lowest BCUT2D eigenvalue weighted by Crippen LogP contribution is -2.38. The second-order valence-electron chi connectivity index (χ2n) is 6.19. The van der Waals surface area contributed by atoms with Crippen LogP contribution in [0, 0.1) is 5.92 Å². The number of hydrogen-bond donors (Lipinski definition) is 1. The summed E-state index contributed by atoms with van der Waals surface area (Å²) in [5.74, 6) is 1.85. The van der Waals surface area contributed by atoms with E-state index >= 15 is 0 Å². The number of allylic oxidation sites excluding steroid dienone is 2. The molecule has 136 valence electrons. The summed E-state index contributed by atoms with van der Waals surface area (Å²) < 4.78 is 12.6. The van der Waals surface area contributed by atoms with E-state index < -0.39 is 0 Å². The monoisotopic (exact) mass is 372 g/mol. The molecule has 0 saturated carbocycles. The maximum absolute atomic E-state index is 12.8. The van der Waals surface area contributed by atoms with Crippen molar-refractivity contribution in [1.29, 1.82) is 0 Å². The predicted molar refractivity (Wildman–Crippen MR) is 98.9 cm³/mol. The third kappa shape index (κ3) is 2.65. The summed E-state index contributed by atoms with van der Waals surface area (Å²) in [5.41, 5.74) is 1.85. The molecular weight excluding hydrogens is 352 g/mol. The van der Waals surface area contributed by atoms with Gasteiger partial charge in [0.25, 0.3) is 0 Å². The molecule has 0 saturated heterocycles. The summed E-state index contributed by atoms with van der Waals surface area (Å²) in [6.45, 7) is 0. The van der Waals surface area contributed by atoms with Crippen LogP contribution in [0.15, 0.2) is 35.1 Å². The van der Waals surface area contributed by atoms with Crippen molar-refractivity contribution in [3.8, 4) is 11.5 Å². The van der Waals surface area contributed by atoms with E-state index in [0.717, 1.165) is 17.7 Å². The molecule has 8 heteroatoms. The van der Waals surface area contributed by atoms with Gasteiger partial charge in [0.2, 0.25) is 11.1 Å². The number of hydrogen-bond acceptors (Lipinski definition) is 7. The van der Waals surface area contributed by atoms with Crippen molar-refractivity contribution < 1.29 is 14.3 Å². The zero-order valence-electron chi connectivity index (χ0n) is 14.9. The third-order valence-corrected chi connectivity index (χ3v) is 5.35. The molecule has 1 N–H and O–H groups in total. The van der Waals surface area contributed by atoms with E-state index in [-0.39, 0.29) is 17.7 Å². The van der Waals surface area contributed by atoms with Gasteiger partial charge < -0.3 is 14.8 Å². The summed E-state index contributed by atoms with van der Waals surface area (Å²) in [5, 5.41) is 8.57. The Labute approximate surface area is 155 Å². The first-order valence-electron chi connectivity index (χ1n) is 8.38. The number of rotatable bonds is 4. The lowest BCUT2D eigenvalue weighted by atomic mass is 9.81. The van der Waals surface area contributed by atoms with Crippen LogP contribution in [-0.2, 0) is 4.79 Å². The second-order valence-corrected chi connectivity index (χ2v) is 6.97. The number of nitrogens with one attached hydrogen (secondary N) is 1. The quantitative estimate of drug-likeness (QED) is 0.827. The van der Waals surface area contributed by atoms with E-state index in [1.807, 2.05) is 29.1 Å². The normalized spacial score (nSPS) is 21.3. The van der Waals surface area contributed by atoms with Gasteiger partial charge in [-0.3, -0.25) is 4.79 Å². The van der Waals surface area contributed by atoms with Crippen LogP contribution in [0.3, 0.4) is 0 Å². The molecule has 2 atom stereocenters. The summed E-state index contributed by atoms with van der Waals surface area (Å²) in [6, 6.07) is 5.47. The molecule has 0 unspecified atom stereocenters. The Balaban J connectivity index is 1.89. The van der Waals surface area contributed by atoms with Gasteiger partial charge in [-0.2, -0.15) is 4.98 Å². The Hall–Kier alpha value is -2.48. The van der Waals surface area contributed by atoms with E-state index in [9.17, 15) is 4.79 Å². The zero-order valence-corrected chi connectivity index (χ0v) is 15.7. The second kappa shape index (κ2) is 6.68. The average Bonchev–Trinajstić information content (AvgIpc) is 3.08. The maximum atomic E-state index is 12.8. The molecule has 0 spiro atoms. The summed E-state index contributed by atoms with van der Waals surface area (Å²) in [4.78, 5) is 17.3. The highest BCUT2D eigenvalue weighted by Gasteiger charge is 2.41. The Bertz CT molecular complexity index is 893. The van der Waals surface area contributed by atoms with Crippen molar-refractivity contribution in [1.82, 2.24) is 14.8 Å². The molecule has 0 bridgehead atoms. The molecule has 4 rings (SSSR count). The molecule has 2 aromatic rings.